The topological polar surface area (TPSA) is 24.1 Å². The molecule has 0 unspecified atom stereocenters. The van der Waals surface area contributed by atoms with Crippen molar-refractivity contribution in [2.24, 2.45) is 0 Å². The Morgan fingerprint density at radius 1 is 0.737 bits per heavy atom. The van der Waals surface area contributed by atoms with E-state index in [1.54, 1.807) is 0 Å². The van der Waals surface area contributed by atoms with E-state index in [0.717, 1.165) is 32.2 Å². The normalized spacial score (nSPS) is 10.8. The van der Waals surface area contributed by atoms with Gasteiger partial charge in [0.15, 0.2) is 0 Å². The zero-order valence-corrected chi connectivity index (χ0v) is 13.0. The van der Waals surface area contributed by atoms with Crippen LogP contribution in [-0.4, -0.2) is 29.9 Å². The number of hydrogen-bond acceptors (Lipinski definition) is 2. The van der Waals surface area contributed by atoms with Gasteiger partial charge in [0.2, 0.25) is 0 Å². The van der Waals surface area contributed by atoms with Gasteiger partial charge in [-0.3, -0.25) is 0 Å². The van der Waals surface area contributed by atoms with E-state index in [1.807, 2.05) is 0 Å². The Kier molecular flexibility index (Phi) is 10.7. The summed E-state index contributed by atoms with van der Waals surface area (Å²) in [6.45, 7) is 4.22. The largest absolute Gasteiger partial charge is 0.315 e. The van der Waals surface area contributed by atoms with E-state index in [1.165, 1.54) is 37.7 Å². The highest BCUT2D eigenvalue weighted by Gasteiger charge is 1.92. The molecule has 0 aliphatic rings. The van der Waals surface area contributed by atoms with Crippen molar-refractivity contribution in [1.29, 1.82) is 0 Å². The molecule has 0 aliphatic heterocycles. The summed E-state index contributed by atoms with van der Waals surface area (Å²) in [7, 11) is 3.51. The summed E-state index contributed by atoms with van der Waals surface area (Å²) in [5.41, 5.74) is 1.36. The van der Waals surface area contributed by atoms with Crippen LogP contribution in [0.25, 0.3) is 0 Å². The molecule has 0 atom stereocenters. The molecule has 0 fully saturated rings. The molecule has 3 heteroatoms. The van der Waals surface area contributed by atoms with Crippen LogP contribution in [0.3, 0.4) is 0 Å². The second kappa shape index (κ2) is 12.4. The van der Waals surface area contributed by atoms with Crippen LogP contribution in [-0.2, 0) is 6.54 Å². The first-order valence-electron chi connectivity index (χ1n) is 7.53. The van der Waals surface area contributed by atoms with E-state index in [4.69, 9.17) is 0 Å². The van der Waals surface area contributed by atoms with Crippen molar-refractivity contribution in [1.82, 2.24) is 10.6 Å². The standard InChI is InChI=1S/C16H27N2Si/c19-14-8-3-1-2-7-11-17-12-13-18-15-16-9-5-4-6-10-16/h4-6,9-10,17-18H,1-3,7-8,11-15H2. The molecule has 2 nitrogen and oxygen atoms in total. The highest BCUT2D eigenvalue weighted by molar-refractivity contribution is 6.08. The number of hydrogen-bond donors (Lipinski definition) is 2. The Balaban J connectivity index is 1.79. The van der Waals surface area contributed by atoms with Gasteiger partial charge in [0, 0.05) is 29.9 Å². The quantitative estimate of drug-likeness (QED) is 0.453. The molecular weight excluding hydrogens is 248 g/mol. The molecule has 1 rings (SSSR count). The van der Waals surface area contributed by atoms with Crippen molar-refractivity contribution in [2.75, 3.05) is 19.6 Å². The molecule has 1 aromatic rings. The van der Waals surface area contributed by atoms with E-state index in [-0.39, 0.29) is 0 Å². The molecule has 2 N–H and O–H groups in total. The van der Waals surface area contributed by atoms with E-state index in [9.17, 15) is 0 Å². The van der Waals surface area contributed by atoms with Gasteiger partial charge in [0.05, 0.1) is 0 Å². The van der Waals surface area contributed by atoms with Crippen molar-refractivity contribution in [3.8, 4) is 0 Å². The molecular formula is C16H27N2Si. The number of nitrogens with one attached hydrogen (secondary N) is 2. The van der Waals surface area contributed by atoms with E-state index >= 15 is 0 Å². The maximum Gasteiger partial charge on any atom is 0.0222 e. The molecule has 0 saturated carbocycles. The van der Waals surface area contributed by atoms with Crippen LogP contribution >= 0.6 is 0 Å². The van der Waals surface area contributed by atoms with Crippen LogP contribution in [0, 0.1) is 0 Å². The third kappa shape index (κ3) is 9.88. The third-order valence-electron chi connectivity index (χ3n) is 3.18. The van der Waals surface area contributed by atoms with Gasteiger partial charge in [-0.25, -0.2) is 0 Å². The smallest absolute Gasteiger partial charge is 0.0222 e. The first-order valence-corrected chi connectivity index (χ1v) is 8.24. The highest BCUT2D eigenvalue weighted by Crippen LogP contribution is 2.03. The lowest BCUT2D eigenvalue weighted by Crippen LogP contribution is -2.27. The molecule has 0 aliphatic carbocycles. The monoisotopic (exact) mass is 275 g/mol. The van der Waals surface area contributed by atoms with Gasteiger partial charge < -0.3 is 10.6 Å². The first-order chi connectivity index (χ1) is 9.43. The average molecular weight is 275 g/mol. The lowest BCUT2D eigenvalue weighted by molar-refractivity contribution is 0.564. The molecule has 3 radical (unpaired) electrons. The Bertz CT molecular complexity index is 290. The predicted molar refractivity (Wildman–Crippen MR) is 84.7 cm³/mol. The average Bonchev–Trinajstić information content (AvgIpc) is 2.46. The summed E-state index contributed by atoms with van der Waals surface area (Å²) in [5, 5.41) is 6.94. The Morgan fingerprint density at radius 3 is 2.21 bits per heavy atom. The number of rotatable bonds is 12. The fraction of sp³-hybridized carbons (Fsp3) is 0.625. The van der Waals surface area contributed by atoms with Gasteiger partial charge >= 0.3 is 0 Å². The molecule has 0 aromatic heterocycles. The predicted octanol–water partition coefficient (Wildman–Crippen LogP) is 2.90. The Hall–Kier alpha value is -0.643. The van der Waals surface area contributed by atoms with Crippen LogP contribution in [0.2, 0.25) is 6.04 Å². The number of unbranched alkanes of at least 4 members (excludes halogenated alkanes) is 4. The number of benzene rings is 1. The summed E-state index contributed by atoms with van der Waals surface area (Å²) in [5.74, 6) is 0. The highest BCUT2D eigenvalue weighted by atomic mass is 28.1. The minimum Gasteiger partial charge on any atom is -0.315 e. The maximum absolute atomic E-state index is 3.51. The minimum absolute atomic E-state index is 0.967. The maximum atomic E-state index is 3.51. The molecule has 0 amide bonds. The summed E-state index contributed by atoms with van der Waals surface area (Å²) < 4.78 is 0. The van der Waals surface area contributed by atoms with Gasteiger partial charge in [-0.1, -0.05) is 62.1 Å². The van der Waals surface area contributed by atoms with Crippen LogP contribution < -0.4 is 10.6 Å². The summed E-state index contributed by atoms with van der Waals surface area (Å²) in [4.78, 5) is 0. The second-order valence-corrected chi connectivity index (χ2v) is 5.43. The van der Waals surface area contributed by atoms with Crippen LogP contribution in [0.4, 0.5) is 0 Å². The van der Waals surface area contributed by atoms with Gasteiger partial charge in [-0.2, -0.15) is 0 Å². The first kappa shape index (κ1) is 16.4. The minimum atomic E-state index is 0.967. The van der Waals surface area contributed by atoms with Gasteiger partial charge in [0.1, 0.15) is 0 Å². The molecule has 1 aromatic carbocycles. The summed E-state index contributed by atoms with van der Waals surface area (Å²) in [6.07, 6.45) is 6.71. The van der Waals surface area contributed by atoms with Gasteiger partial charge in [-0.05, 0) is 18.5 Å². The zero-order chi connectivity index (χ0) is 13.6. The second-order valence-electron chi connectivity index (χ2n) is 4.93. The van der Waals surface area contributed by atoms with Gasteiger partial charge in [0.25, 0.3) is 0 Å². The van der Waals surface area contributed by atoms with Crippen LogP contribution in [0.5, 0.6) is 0 Å². The van der Waals surface area contributed by atoms with E-state index in [0.29, 0.717) is 0 Å². The van der Waals surface area contributed by atoms with Crippen molar-refractivity contribution in [2.45, 2.75) is 44.7 Å². The van der Waals surface area contributed by atoms with Crippen LogP contribution in [0.1, 0.15) is 37.7 Å². The van der Waals surface area contributed by atoms with Crippen molar-refractivity contribution in [3.63, 3.8) is 0 Å². The molecule has 0 bridgehead atoms. The molecule has 19 heavy (non-hydrogen) atoms. The lowest BCUT2D eigenvalue weighted by Gasteiger charge is -2.06. The SMILES string of the molecule is [Si]CCCCCCCNCCNCc1ccccc1. The summed E-state index contributed by atoms with van der Waals surface area (Å²) >= 11 is 0. The van der Waals surface area contributed by atoms with Crippen molar-refractivity contribution in [3.05, 3.63) is 35.9 Å². The van der Waals surface area contributed by atoms with E-state index < -0.39 is 0 Å². The Morgan fingerprint density at radius 2 is 1.42 bits per heavy atom. The van der Waals surface area contributed by atoms with Crippen molar-refractivity contribution < 1.29 is 0 Å². The fourth-order valence-electron chi connectivity index (χ4n) is 2.04. The van der Waals surface area contributed by atoms with Crippen LogP contribution in [0.15, 0.2) is 30.3 Å². The lowest BCUT2D eigenvalue weighted by atomic mass is 10.1. The molecule has 0 spiro atoms. The molecule has 105 valence electrons. The third-order valence-corrected chi connectivity index (χ3v) is 3.53. The Labute approximate surface area is 121 Å². The fourth-order valence-corrected chi connectivity index (χ4v) is 2.29. The van der Waals surface area contributed by atoms with Gasteiger partial charge in [-0.15, -0.1) is 0 Å². The van der Waals surface area contributed by atoms with Crippen molar-refractivity contribution >= 4 is 10.2 Å². The van der Waals surface area contributed by atoms with E-state index in [2.05, 4.69) is 51.2 Å². The molecule has 0 heterocycles. The molecule has 0 saturated heterocycles. The summed E-state index contributed by atoms with van der Waals surface area (Å²) in [6, 6.07) is 11.7. The zero-order valence-electron chi connectivity index (χ0n) is 12.0.